The Bertz CT molecular complexity index is 1310. The van der Waals surface area contributed by atoms with Gasteiger partial charge in [0.05, 0.1) is 16.7 Å². The zero-order chi connectivity index (χ0) is 21.3. The van der Waals surface area contributed by atoms with Crippen LogP contribution in [0.2, 0.25) is 0 Å². The van der Waals surface area contributed by atoms with Crippen molar-refractivity contribution in [3.8, 4) is 23.3 Å². The van der Waals surface area contributed by atoms with Crippen LogP contribution in [0.4, 0.5) is 0 Å². The van der Waals surface area contributed by atoms with E-state index in [9.17, 15) is 9.59 Å². The second-order valence-corrected chi connectivity index (χ2v) is 6.96. The lowest BCUT2D eigenvalue weighted by Crippen LogP contribution is -2.17. The zero-order valence-corrected chi connectivity index (χ0v) is 16.8. The van der Waals surface area contributed by atoms with Crippen LogP contribution in [0.25, 0.3) is 11.0 Å². The first-order chi connectivity index (χ1) is 14.4. The molecule has 0 N–H and O–H groups in total. The summed E-state index contributed by atoms with van der Waals surface area (Å²) < 4.78 is 14.9. The van der Waals surface area contributed by atoms with Crippen molar-refractivity contribution in [3.05, 3.63) is 70.9 Å². The van der Waals surface area contributed by atoms with Crippen LogP contribution in [0.15, 0.2) is 59.7 Å². The Labute approximate surface area is 172 Å². The highest BCUT2D eigenvalue weighted by Gasteiger charge is 2.13. The van der Waals surface area contributed by atoms with Crippen molar-refractivity contribution in [2.45, 2.75) is 13.3 Å². The Balaban J connectivity index is 1.62. The number of pyridine rings is 2. The quantitative estimate of drug-likeness (QED) is 0.490. The van der Waals surface area contributed by atoms with E-state index in [2.05, 4.69) is 9.97 Å². The molecule has 0 spiro atoms. The van der Waals surface area contributed by atoms with Crippen LogP contribution in [0.3, 0.4) is 0 Å². The van der Waals surface area contributed by atoms with Gasteiger partial charge >= 0.3 is 6.01 Å². The summed E-state index contributed by atoms with van der Waals surface area (Å²) in [5.41, 5.74) is 1.90. The van der Waals surface area contributed by atoms with Crippen LogP contribution in [0.1, 0.15) is 12.6 Å². The van der Waals surface area contributed by atoms with E-state index in [1.807, 2.05) is 12.1 Å². The van der Waals surface area contributed by atoms with Gasteiger partial charge in [-0.05, 0) is 37.3 Å². The maximum Gasteiger partial charge on any atom is 0.302 e. The minimum Gasteiger partial charge on any atom is -0.457 e. The number of benzene rings is 1. The van der Waals surface area contributed by atoms with E-state index in [-0.39, 0.29) is 23.5 Å². The van der Waals surface area contributed by atoms with Gasteiger partial charge in [0.2, 0.25) is 0 Å². The molecule has 0 fully saturated rings. The van der Waals surface area contributed by atoms with E-state index in [1.165, 1.54) is 11.5 Å². The minimum atomic E-state index is -0.243. The molecule has 0 aliphatic heterocycles. The second-order valence-electron chi connectivity index (χ2n) is 6.96. The van der Waals surface area contributed by atoms with Gasteiger partial charge in [0.15, 0.2) is 5.75 Å². The third-order valence-corrected chi connectivity index (χ3v) is 4.55. The van der Waals surface area contributed by atoms with Gasteiger partial charge in [-0.3, -0.25) is 19.1 Å². The molecule has 0 unspecified atom stereocenters. The molecule has 4 aromatic rings. The van der Waals surface area contributed by atoms with Gasteiger partial charge in [0.1, 0.15) is 17.3 Å². The van der Waals surface area contributed by atoms with Crippen LogP contribution in [-0.4, -0.2) is 24.9 Å². The van der Waals surface area contributed by atoms with Gasteiger partial charge in [-0.1, -0.05) is 0 Å². The lowest BCUT2D eigenvalue weighted by atomic mass is 10.2. The predicted molar refractivity (Wildman–Crippen MR) is 111 cm³/mol. The number of rotatable bonds is 6. The van der Waals surface area contributed by atoms with Crippen molar-refractivity contribution in [2.24, 2.45) is 14.1 Å². The largest absolute Gasteiger partial charge is 0.457 e. The number of ether oxygens (including phenoxy) is 2. The molecule has 0 amide bonds. The zero-order valence-electron chi connectivity index (χ0n) is 16.8. The Morgan fingerprint density at radius 3 is 2.67 bits per heavy atom. The summed E-state index contributed by atoms with van der Waals surface area (Å²) in [5, 5.41) is 0. The Kier molecular flexibility index (Phi) is 5.05. The smallest absolute Gasteiger partial charge is 0.302 e. The van der Waals surface area contributed by atoms with Gasteiger partial charge in [-0.15, -0.1) is 0 Å². The minimum absolute atomic E-state index is 0.0386. The molecule has 0 aliphatic rings. The summed E-state index contributed by atoms with van der Waals surface area (Å²) >= 11 is 0. The fraction of sp³-hybridized carbons (Fsp3) is 0.182. The van der Waals surface area contributed by atoms with Crippen LogP contribution in [0.5, 0.6) is 23.3 Å². The van der Waals surface area contributed by atoms with Gasteiger partial charge in [0, 0.05) is 45.0 Å². The number of fused-ring (bicyclic) bond motifs is 1. The van der Waals surface area contributed by atoms with Crippen LogP contribution >= 0.6 is 0 Å². The third kappa shape index (κ3) is 3.93. The molecule has 152 valence electrons. The van der Waals surface area contributed by atoms with Crippen molar-refractivity contribution in [1.82, 2.24) is 19.1 Å². The number of Topliss-reactive ketones (excluding diaryl/α,β-unsaturated/α-hetero) is 1. The fourth-order valence-corrected chi connectivity index (χ4v) is 3.06. The molecule has 8 heteroatoms. The Morgan fingerprint density at radius 2 is 1.87 bits per heavy atom. The molecule has 4 rings (SSSR count). The number of nitrogens with zero attached hydrogens (tertiary/aromatic N) is 4. The van der Waals surface area contributed by atoms with Crippen molar-refractivity contribution in [1.29, 1.82) is 0 Å². The lowest BCUT2D eigenvalue weighted by Gasteiger charge is -2.08. The molecule has 30 heavy (non-hydrogen) atoms. The average molecular weight is 404 g/mol. The number of hydrogen-bond donors (Lipinski definition) is 0. The summed E-state index contributed by atoms with van der Waals surface area (Å²) in [4.78, 5) is 32.2. The number of ketones is 1. The second kappa shape index (κ2) is 7.82. The van der Waals surface area contributed by atoms with E-state index in [0.29, 0.717) is 28.7 Å². The molecule has 0 atom stereocenters. The monoisotopic (exact) mass is 404 g/mol. The van der Waals surface area contributed by atoms with Gasteiger partial charge < -0.3 is 14.0 Å². The van der Waals surface area contributed by atoms with Crippen LogP contribution < -0.4 is 15.0 Å². The first-order valence-corrected chi connectivity index (χ1v) is 9.33. The van der Waals surface area contributed by atoms with E-state index in [4.69, 9.17) is 9.47 Å². The number of imidazole rings is 1. The predicted octanol–water partition coefficient (Wildman–Crippen LogP) is 3.38. The standard InChI is InChI=1S/C22H20N4O4/c1-14(27)11-15-12-17(8-9-23-15)29-16-6-7-18-19(13-16)26(3)22(24-18)30-20-5-4-10-25(2)21(20)28/h4-10,12-13H,11H2,1-3H3. The summed E-state index contributed by atoms with van der Waals surface area (Å²) in [6.07, 6.45) is 3.54. The van der Waals surface area contributed by atoms with Gasteiger partial charge in [-0.2, -0.15) is 4.98 Å². The average Bonchev–Trinajstić information content (AvgIpc) is 3.00. The lowest BCUT2D eigenvalue weighted by molar-refractivity contribution is -0.116. The molecule has 0 aliphatic carbocycles. The van der Waals surface area contributed by atoms with Crippen molar-refractivity contribution < 1.29 is 14.3 Å². The van der Waals surface area contributed by atoms with E-state index in [0.717, 1.165) is 5.52 Å². The first kappa shape index (κ1) is 19.4. The van der Waals surface area contributed by atoms with Crippen LogP contribution in [0, 0.1) is 0 Å². The topological polar surface area (TPSA) is 88.2 Å². The Hall–Kier alpha value is -3.94. The number of carbonyl (C=O) groups is 1. The molecular weight excluding hydrogens is 384 g/mol. The number of aryl methyl sites for hydroxylation is 2. The molecule has 1 aromatic carbocycles. The van der Waals surface area contributed by atoms with Gasteiger partial charge in [-0.25, -0.2) is 0 Å². The molecule has 0 saturated carbocycles. The van der Waals surface area contributed by atoms with Crippen LogP contribution in [-0.2, 0) is 25.3 Å². The van der Waals surface area contributed by atoms with E-state index < -0.39 is 0 Å². The van der Waals surface area contributed by atoms with Gasteiger partial charge in [0.25, 0.3) is 5.56 Å². The summed E-state index contributed by atoms with van der Waals surface area (Å²) in [6, 6.07) is 12.6. The SMILES string of the molecule is CC(=O)Cc1cc(Oc2ccc3nc(Oc4cccn(C)c4=O)n(C)c3c2)ccn1. The third-order valence-electron chi connectivity index (χ3n) is 4.55. The summed E-state index contributed by atoms with van der Waals surface area (Å²) in [5.74, 6) is 1.43. The van der Waals surface area contributed by atoms with E-state index in [1.54, 1.807) is 61.4 Å². The Morgan fingerprint density at radius 1 is 1.07 bits per heavy atom. The number of hydrogen-bond acceptors (Lipinski definition) is 6. The molecule has 0 radical (unpaired) electrons. The highest BCUT2D eigenvalue weighted by molar-refractivity contribution is 5.79. The number of aromatic nitrogens is 4. The fourth-order valence-electron chi connectivity index (χ4n) is 3.06. The summed E-state index contributed by atoms with van der Waals surface area (Å²) in [6.45, 7) is 1.52. The maximum atomic E-state index is 12.2. The highest BCUT2D eigenvalue weighted by atomic mass is 16.5. The van der Waals surface area contributed by atoms with Crippen molar-refractivity contribution in [2.75, 3.05) is 0 Å². The molecule has 3 heterocycles. The maximum absolute atomic E-state index is 12.2. The first-order valence-electron chi connectivity index (χ1n) is 9.33. The molecule has 0 saturated heterocycles. The van der Waals surface area contributed by atoms with E-state index >= 15 is 0 Å². The van der Waals surface area contributed by atoms with Crippen molar-refractivity contribution in [3.63, 3.8) is 0 Å². The summed E-state index contributed by atoms with van der Waals surface area (Å²) in [7, 11) is 3.47. The van der Waals surface area contributed by atoms with Crippen molar-refractivity contribution >= 4 is 16.8 Å². The molecular formula is C22H20N4O4. The molecule has 0 bridgehead atoms. The molecule has 3 aromatic heterocycles. The molecule has 8 nitrogen and oxygen atoms in total. The highest BCUT2D eigenvalue weighted by Crippen LogP contribution is 2.29. The number of carbonyl (C=O) groups excluding carboxylic acids is 1. The normalized spacial score (nSPS) is 10.9.